The zero-order chi connectivity index (χ0) is 9.54. The van der Waals surface area contributed by atoms with Crippen LogP contribution in [0.1, 0.15) is 18.5 Å². The molecule has 1 aliphatic rings. The maximum absolute atomic E-state index is 2.32. The zero-order valence-electron chi connectivity index (χ0n) is 8.14. The Hall–Kier alpha value is -1.63. The number of hydrogen-bond acceptors (Lipinski definition) is 0. The highest BCUT2D eigenvalue weighted by atomic mass is 15.0. The molecule has 0 radical (unpaired) electrons. The van der Waals surface area contributed by atoms with Crippen molar-refractivity contribution in [2.24, 2.45) is 0 Å². The molecule has 68 valence electrons. The first-order valence-corrected chi connectivity index (χ1v) is 4.97. The molecule has 0 saturated carbocycles. The Morgan fingerprint density at radius 1 is 1.00 bits per heavy atom. The molecule has 0 bridgehead atoms. The number of aromatic nitrogens is 1. The van der Waals surface area contributed by atoms with E-state index in [-0.39, 0.29) is 0 Å². The second-order valence-corrected chi connectivity index (χ2v) is 3.76. The van der Waals surface area contributed by atoms with E-state index in [1.165, 1.54) is 16.8 Å². The number of pyridine rings is 1. The first-order chi connectivity index (χ1) is 6.88. The summed E-state index contributed by atoms with van der Waals surface area (Å²) < 4.78 is 2.32. The number of rotatable bonds is 0. The molecule has 1 aromatic carbocycles. The summed E-state index contributed by atoms with van der Waals surface area (Å²) in [6.45, 7) is 2.25. The molecule has 14 heavy (non-hydrogen) atoms. The molecule has 0 aliphatic carbocycles. The van der Waals surface area contributed by atoms with Gasteiger partial charge in [0.1, 0.15) is 0 Å². The van der Waals surface area contributed by atoms with Gasteiger partial charge in [0.05, 0.1) is 5.56 Å². The molecular formula is C13H12N+. The van der Waals surface area contributed by atoms with Crippen LogP contribution in [0.25, 0.3) is 11.3 Å². The van der Waals surface area contributed by atoms with Gasteiger partial charge in [-0.05, 0) is 12.1 Å². The second-order valence-electron chi connectivity index (χ2n) is 3.76. The summed E-state index contributed by atoms with van der Waals surface area (Å²) >= 11 is 0. The summed E-state index contributed by atoms with van der Waals surface area (Å²) in [4.78, 5) is 0. The molecule has 0 amide bonds. The van der Waals surface area contributed by atoms with E-state index in [0.29, 0.717) is 6.04 Å². The van der Waals surface area contributed by atoms with Gasteiger partial charge in [0.2, 0.25) is 5.69 Å². The Morgan fingerprint density at radius 2 is 1.79 bits per heavy atom. The highest BCUT2D eigenvalue weighted by Gasteiger charge is 2.31. The fraction of sp³-hybridized carbons (Fsp3) is 0.154. The Bertz CT molecular complexity index is 443. The third-order valence-corrected chi connectivity index (χ3v) is 2.99. The van der Waals surface area contributed by atoms with Gasteiger partial charge in [-0.1, -0.05) is 18.2 Å². The summed E-state index contributed by atoms with van der Waals surface area (Å²) in [6, 6.07) is 15.5. The van der Waals surface area contributed by atoms with Crippen molar-refractivity contribution in [1.29, 1.82) is 0 Å². The van der Waals surface area contributed by atoms with Gasteiger partial charge < -0.3 is 0 Å². The van der Waals surface area contributed by atoms with E-state index in [2.05, 4.69) is 60.2 Å². The molecule has 1 aliphatic heterocycles. The molecule has 0 fully saturated rings. The number of benzene rings is 1. The van der Waals surface area contributed by atoms with E-state index < -0.39 is 0 Å². The summed E-state index contributed by atoms with van der Waals surface area (Å²) in [5.41, 5.74) is 4.13. The van der Waals surface area contributed by atoms with Gasteiger partial charge in [0.25, 0.3) is 0 Å². The first kappa shape index (κ1) is 7.74. The molecule has 1 atom stereocenters. The summed E-state index contributed by atoms with van der Waals surface area (Å²) in [7, 11) is 0. The van der Waals surface area contributed by atoms with Crippen LogP contribution < -0.4 is 4.57 Å². The molecule has 0 unspecified atom stereocenters. The minimum absolute atomic E-state index is 0.474. The third kappa shape index (κ3) is 0.869. The van der Waals surface area contributed by atoms with Gasteiger partial charge in [-0.25, -0.2) is 0 Å². The van der Waals surface area contributed by atoms with Gasteiger partial charge in [0, 0.05) is 24.6 Å². The van der Waals surface area contributed by atoms with Crippen molar-refractivity contribution in [1.82, 2.24) is 0 Å². The van der Waals surface area contributed by atoms with Crippen molar-refractivity contribution in [3.63, 3.8) is 0 Å². The van der Waals surface area contributed by atoms with Crippen molar-refractivity contribution >= 4 is 0 Å². The van der Waals surface area contributed by atoms with Gasteiger partial charge in [-0.2, -0.15) is 4.57 Å². The van der Waals surface area contributed by atoms with Crippen LogP contribution in [-0.2, 0) is 0 Å². The summed E-state index contributed by atoms with van der Waals surface area (Å²) in [5.74, 6) is 0. The maximum atomic E-state index is 2.32. The SMILES string of the molecule is C[C@H]1c2ccccc2-c2cccc[n+]21. The largest absolute Gasteiger partial charge is 0.213 e. The fourth-order valence-electron chi connectivity index (χ4n) is 2.27. The number of nitrogens with zero attached hydrogens (tertiary/aromatic N) is 1. The lowest BCUT2D eigenvalue weighted by Crippen LogP contribution is -2.35. The third-order valence-electron chi connectivity index (χ3n) is 2.99. The normalized spacial score (nSPS) is 17.6. The topological polar surface area (TPSA) is 3.88 Å². The van der Waals surface area contributed by atoms with Crippen molar-refractivity contribution in [3.8, 4) is 11.3 Å². The Balaban J connectivity index is 2.36. The highest BCUT2D eigenvalue weighted by Crippen LogP contribution is 2.31. The lowest BCUT2D eigenvalue weighted by molar-refractivity contribution is -0.694. The predicted molar refractivity (Wildman–Crippen MR) is 55.9 cm³/mol. The van der Waals surface area contributed by atoms with Crippen molar-refractivity contribution in [3.05, 3.63) is 54.2 Å². The van der Waals surface area contributed by atoms with Crippen LogP contribution in [0.4, 0.5) is 0 Å². The van der Waals surface area contributed by atoms with Crippen molar-refractivity contribution in [2.45, 2.75) is 13.0 Å². The Labute approximate surface area is 83.6 Å². The van der Waals surface area contributed by atoms with E-state index >= 15 is 0 Å². The van der Waals surface area contributed by atoms with Crippen LogP contribution in [0.3, 0.4) is 0 Å². The van der Waals surface area contributed by atoms with Crippen LogP contribution in [0.15, 0.2) is 48.7 Å². The quantitative estimate of drug-likeness (QED) is 0.551. The Kier molecular flexibility index (Phi) is 1.48. The number of hydrogen-bond donors (Lipinski definition) is 0. The summed E-state index contributed by atoms with van der Waals surface area (Å²) in [5, 5.41) is 0. The van der Waals surface area contributed by atoms with Crippen LogP contribution in [-0.4, -0.2) is 0 Å². The molecule has 0 spiro atoms. The molecule has 0 N–H and O–H groups in total. The fourth-order valence-corrected chi connectivity index (χ4v) is 2.27. The van der Waals surface area contributed by atoms with E-state index in [0.717, 1.165) is 0 Å². The lowest BCUT2D eigenvalue weighted by atomic mass is 10.0. The molecule has 3 rings (SSSR count). The van der Waals surface area contributed by atoms with Gasteiger partial charge in [-0.3, -0.25) is 0 Å². The zero-order valence-corrected chi connectivity index (χ0v) is 8.14. The predicted octanol–water partition coefficient (Wildman–Crippen LogP) is 2.56. The molecule has 2 heterocycles. The van der Waals surface area contributed by atoms with Crippen LogP contribution in [0.2, 0.25) is 0 Å². The lowest BCUT2D eigenvalue weighted by Gasteiger charge is -1.98. The van der Waals surface area contributed by atoms with Crippen LogP contribution in [0, 0.1) is 0 Å². The molecular weight excluding hydrogens is 170 g/mol. The average molecular weight is 182 g/mol. The second kappa shape index (κ2) is 2.68. The first-order valence-electron chi connectivity index (χ1n) is 4.97. The smallest absolute Gasteiger partial charge is 0.191 e. The van der Waals surface area contributed by atoms with E-state index in [1.54, 1.807) is 0 Å². The van der Waals surface area contributed by atoms with E-state index in [9.17, 15) is 0 Å². The van der Waals surface area contributed by atoms with Gasteiger partial charge in [-0.15, -0.1) is 0 Å². The average Bonchev–Trinajstić information content (AvgIpc) is 2.55. The molecule has 0 saturated heterocycles. The monoisotopic (exact) mass is 182 g/mol. The maximum Gasteiger partial charge on any atom is 0.213 e. The number of fused-ring (bicyclic) bond motifs is 3. The van der Waals surface area contributed by atoms with Crippen molar-refractivity contribution in [2.75, 3.05) is 0 Å². The van der Waals surface area contributed by atoms with Crippen LogP contribution in [0.5, 0.6) is 0 Å². The van der Waals surface area contributed by atoms with Crippen LogP contribution >= 0.6 is 0 Å². The van der Waals surface area contributed by atoms with Crippen molar-refractivity contribution < 1.29 is 4.57 Å². The molecule has 1 nitrogen and oxygen atoms in total. The molecule has 1 heteroatoms. The van der Waals surface area contributed by atoms with Gasteiger partial charge >= 0.3 is 0 Å². The van der Waals surface area contributed by atoms with E-state index in [4.69, 9.17) is 0 Å². The minimum Gasteiger partial charge on any atom is -0.191 e. The molecule has 2 aromatic rings. The molecule has 1 aromatic heterocycles. The van der Waals surface area contributed by atoms with Gasteiger partial charge in [0.15, 0.2) is 12.2 Å². The minimum atomic E-state index is 0.474. The highest BCUT2D eigenvalue weighted by molar-refractivity contribution is 5.63. The standard InChI is InChI=1S/C13H12N/c1-10-11-6-2-3-7-12(11)13-8-4-5-9-14(10)13/h2-10H,1H3/q+1/t10-/m0/s1. The summed E-state index contributed by atoms with van der Waals surface area (Å²) in [6.07, 6.45) is 2.15. The van der Waals surface area contributed by atoms with E-state index in [1.807, 2.05) is 0 Å². The Morgan fingerprint density at radius 3 is 2.71 bits per heavy atom.